The average molecular weight is 460 g/mol. The second-order valence-corrected chi connectivity index (χ2v) is 8.90. The van der Waals surface area contributed by atoms with Crippen LogP contribution in [-0.2, 0) is 0 Å². The molecule has 0 spiro atoms. The first-order valence-corrected chi connectivity index (χ1v) is 11.9. The number of hydrogen-bond acceptors (Lipinski definition) is 2. The van der Waals surface area contributed by atoms with Gasteiger partial charge < -0.3 is 10.2 Å². The van der Waals surface area contributed by atoms with E-state index >= 15 is 0 Å². The van der Waals surface area contributed by atoms with Gasteiger partial charge in [0.1, 0.15) is 11.6 Å². The Morgan fingerprint density at radius 3 is 2.12 bits per heavy atom. The molecule has 0 saturated carbocycles. The first-order valence-electron chi connectivity index (χ1n) is 11.9. The van der Waals surface area contributed by atoms with Gasteiger partial charge in [0.15, 0.2) is 0 Å². The van der Waals surface area contributed by atoms with Crippen molar-refractivity contribution in [3.8, 4) is 11.1 Å². The smallest absolute Gasteiger partial charge is 0.321 e. The number of amides is 2. The van der Waals surface area contributed by atoms with E-state index < -0.39 is 11.6 Å². The lowest BCUT2D eigenvalue weighted by atomic mass is 9.99. The highest BCUT2D eigenvalue weighted by Gasteiger charge is 2.24. The molecule has 0 aliphatic carbocycles. The highest BCUT2D eigenvalue weighted by Crippen LogP contribution is 2.33. The summed E-state index contributed by atoms with van der Waals surface area (Å²) in [4.78, 5) is 18.9. The highest BCUT2D eigenvalue weighted by molar-refractivity contribution is 6.02. The first kappa shape index (κ1) is 22.3. The second kappa shape index (κ2) is 9.75. The van der Waals surface area contributed by atoms with E-state index in [9.17, 15) is 13.6 Å². The molecule has 1 atom stereocenters. The van der Waals surface area contributed by atoms with Crippen molar-refractivity contribution in [2.24, 2.45) is 4.99 Å². The van der Waals surface area contributed by atoms with Gasteiger partial charge in [-0.05, 0) is 73.1 Å². The van der Waals surface area contributed by atoms with E-state index in [4.69, 9.17) is 0 Å². The third-order valence-electron chi connectivity index (χ3n) is 6.63. The van der Waals surface area contributed by atoms with E-state index in [0.29, 0.717) is 12.1 Å². The van der Waals surface area contributed by atoms with Gasteiger partial charge in [0.25, 0.3) is 0 Å². The predicted molar refractivity (Wildman–Crippen MR) is 131 cm³/mol. The number of nitrogens with zero attached hydrogens (tertiary/aromatic N) is 2. The zero-order valence-electron chi connectivity index (χ0n) is 18.9. The predicted octanol–water partition coefficient (Wildman–Crippen LogP) is 6.97. The fraction of sp³-hybridized carbons (Fsp3) is 0.286. The molecule has 4 nitrogen and oxygen atoms in total. The van der Waals surface area contributed by atoms with Crippen LogP contribution in [0.3, 0.4) is 0 Å². The summed E-state index contributed by atoms with van der Waals surface area (Å²) in [5.41, 5.74) is 4.40. The molecule has 2 amide bonds. The van der Waals surface area contributed by atoms with Crippen molar-refractivity contribution in [2.75, 3.05) is 18.4 Å². The van der Waals surface area contributed by atoms with Gasteiger partial charge in [-0.3, -0.25) is 4.99 Å². The largest absolute Gasteiger partial charge is 0.325 e. The van der Waals surface area contributed by atoms with Gasteiger partial charge in [-0.15, -0.1) is 0 Å². The number of piperidine rings is 1. The number of benzene rings is 3. The third-order valence-corrected chi connectivity index (χ3v) is 6.63. The molecule has 1 N–H and O–H groups in total. The minimum Gasteiger partial charge on any atom is -0.325 e. The van der Waals surface area contributed by atoms with Crippen LogP contribution in [0.5, 0.6) is 0 Å². The van der Waals surface area contributed by atoms with Gasteiger partial charge in [0.05, 0.1) is 11.6 Å². The number of halogens is 2. The quantitative estimate of drug-likeness (QED) is 0.450. The molecule has 0 bridgehead atoms. The maximum absolute atomic E-state index is 14.1. The summed E-state index contributed by atoms with van der Waals surface area (Å²) in [6.07, 6.45) is 4.60. The number of urea groups is 1. The maximum Gasteiger partial charge on any atom is 0.321 e. The first-order chi connectivity index (χ1) is 16.6. The minimum absolute atomic E-state index is 0.00547. The molecule has 2 aliphatic heterocycles. The molecule has 2 heterocycles. The average Bonchev–Trinajstić information content (AvgIpc) is 3.35. The monoisotopic (exact) mass is 459 g/mol. The van der Waals surface area contributed by atoms with E-state index in [1.807, 2.05) is 53.4 Å². The van der Waals surface area contributed by atoms with E-state index in [2.05, 4.69) is 10.3 Å². The van der Waals surface area contributed by atoms with Crippen LogP contribution < -0.4 is 5.32 Å². The fourth-order valence-electron chi connectivity index (χ4n) is 4.74. The lowest BCUT2D eigenvalue weighted by Crippen LogP contribution is -2.38. The Bertz CT molecular complexity index is 1180. The molecule has 0 radical (unpaired) electrons. The molecule has 1 unspecified atom stereocenters. The van der Waals surface area contributed by atoms with Crippen LogP contribution in [0, 0.1) is 11.6 Å². The molecule has 174 valence electrons. The van der Waals surface area contributed by atoms with Crippen LogP contribution in [-0.4, -0.2) is 29.7 Å². The second-order valence-electron chi connectivity index (χ2n) is 8.90. The Hall–Kier alpha value is -3.54. The number of carbonyl (C=O) groups excluding carboxylic acids is 1. The van der Waals surface area contributed by atoms with Crippen molar-refractivity contribution >= 4 is 17.4 Å². The van der Waals surface area contributed by atoms with E-state index in [0.717, 1.165) is 54.7 Å². The fourth-order valence-corrected chi connectivity index (χ4v) is 4.74. The highest BCUT2D eigenvalue weighted by atomic mass is 19.1. The van der Waals surface area contributed by atoms with Crippen LogP contribution in [0.25, 0.3) is 11.1 Å². The number of carbonyl (C=O) groups is 1. The molecule has 1 saturated heterocycles. The summed E-state index contributed by atoms with van der Waals surface area (Å²) in [5, 5.41) is 2.98. The van der Waals surface area contributed by atoms with Crippen molar-refractivity contribution < 1.29 is 13.6 Å². The number of nitrogens with one attached hydrogen (secondary N) is 1. The topological polar surface area (TPSA) is 44.7 Å². The maximum atomic E-state index is 14.1. The van der Waals surface area contributed by atoms with Crippen LogP contribution >= 0.6 is 0 Å². The van der Waals surface area contributed by atoms with Crippen LogP contribution in [0.2, 0.25) is 0 Å². The van der Waals surface area contributed by atoms with Crippen LogP contribution in [0.15, 0.2) is 71.7 Å². The number of hydrogen-bond donors (Lipinski definition) is 1. The van der Waals surface area contributed by atoms with Crippen molar-refractivity contribution in [2.45, 2.75) is 38.1 Å². The van der Waals surface area contributed by atoms with Crippen molar-refractivity contribution in [1.82, 2.24) is 4.90 Å². The molecule has 0 aromatic heterocycles. The van der Waals surface area contributed by atoms with Gasteiger partial charge in [-0.25, -0.2) is 13.6 Å². The zero-order valence-corrected chi connectivity index (χ0v) is 18.9. The molecule has 2 aliphatic rings. The minimum atomic E-state index is -0.565. The molecule has 5 rings (SSSR count). The lowest BCUT2D eigenvalue weighted by molar-refractivity contribution is 0.200. The Morgan fingerprint density at radius 2 is 1.47 bits per heavy atom. The van der Waals surface area contributed by atoms with Crippen molar-refractivity contribution in [3.05, 3.63) is 89.5 Å². The summed E-state index contributed by atoms with van der Waals surface area (Å²) < 4.78 is 28.2. The van der Waals surface area contributed by atoms with Gasteiger partial charge >= 0.3 is 6.03 Å². The summed E-state index contributed by atoms with van der Waals surface area (Å²) in [5.74, 6) is -1.13. The lowest BCUT2D eigenvalue weighted by Gasteiger charge is -2.26. The Balaban J connectivity index is 1.25. The Morgan fingerprint density at radius 1 is 0.853 bits per heavy atom. The van der Waals surface area contributed by atoms with E-state index in [1.54, 1.807) is 0 Å². The van der Waals surface area contributed by atoms with Gasteiger partial charge in [-0.1, -0.05) is 42.5 Å². The number of likely N-dealkylation sites (tertiary alicyclic amines) is 1. The molecule has 3 aromatic rings. The number of aliphatic imine (C=N–C) groups is 1. The molecule has 34 heavy (non-hydrogen) atoms. The molecule has 6 heteroatoms. The van der Waals surface area contributed by atoms with E-state index in [-0.39, 0.29) is 17.6 Å². The summed E-state index contributed by atoms with van der Waals surface area (Å²) in [6, 6.07) is 19.7. The Kier molecular flexibility index (Phi) is 6.39. The number of anilines is 1. The normalized spacial score (nSPS) is 18.0. The summed E-state index contributed by atoms with van der Waals surface area (Å²) >= 11 is 0. The molecule has 1 fully saturated rings. The number of rotatable bonds is 4. The zero-order chi connectivity index (χ0) is 23.5. The van der Waals surface area contributed by atoms with Crippen molar-refractivity contribution in [3.63, 3.8) is 0 Å². The van der Waals surface area contributed by atoms with Crippen LogP contribution in [0.1, 0.15) is 49.3 Å². The van der Waals surface area contributed by atoms with Gasteiger partial charge in [-0.2, -0.15) is 0 Å². The molecule has 3 aromatic carbocycles. The third kappa shape index (κ3) is 4.72. The molecular weight excluding hydrogens is 432 g/mol. The SMILES string of the molecule is O=C(Nc1ccc(-c2ccc(C3CCC(c4c(F)cccc4F)=N3)cc2)cc1)N1CCCCC1. The standard InChI is InChI=1S/C28H27F2N3O/c29-23-5-4-6-24(30)27(23)26-16-15-25(32-26)21-9-7-19(8-10-21)20-11-13-22(14-12-20)31-28(34)33-17-2-1-3-18-33/h4-14,25H,1-3,15-18H2,(H,31,34). The molecular formula is C28H27F2N3O. The summed E-state index contributed by atoms with van der Waals surface area (Å²) in [6.45, 7) is 1.63. The van der Waals surface area contributed by atoms with Crippen LogP contribution in [0.4, 0.5) is 19.3 Å². The summed E-state index contributed by atoms with van der Waals surface area (Å²) in [7, 11) is 0. The van der Waals surface area contributed by atoms with E-state index in [1.165, 1.54) is 24.6 Å². The van der Waals surface area contributed by atoms with Gasteiger partial charge in [0, 0.05) is 24.5 Å². The van der Waals surface area contributed by atoms with Gasteiger partial charge in [0.2, 0.25) is 0 Å². The van der Waals surface area contributed by atoms with Crippen molar-refractivity contribution in [1.29, 1.82) is 0 Å². The Labute approximate surface area is 198 Å².